The molecule has 0 amide bonds. The number of H-pyrrole nitrogens is 1. The smallest absolute Gasteiger partial charge is 0.303 e. The molecule has 0 radical (unpaired) electrons. The lowest BCUT2D eigenvalue weighted by atomic mass is 9.92. The molecule has 0 spiro atoms. The molecule has 0 fully saturated rings. The van der Waals surface area contributed by atoms with Crippen molar-refractivity contribution in [1.29, 1.82) is 0 Å². The zero-order chi connectivity index (χ0) is 25.4. The van der Waals surface area contributed by atoms with Crippen molar-refractivity contribution >= 4 is 23.5 Å². The molecule has 0 saturated carbocycles. The van der Waals surface area contributed by atoms with E-state index in [2.05, 4.69) is 9.98 Å². The van der Waals surface area contributed by atoms with Gasteiger partial charge in [-0.05, 0) is 55.4 Å². The van der Waals surface area contributed by atoms with Crippen molar-refractivity contribution in [3.63, 3.8) is 0 Å². The number of carboxylic acids is 1. The van der Waals surface area contributed by atoms with Crippen LogP contribution in [0.4, 0.5) is 17.6 Å². The Balaban J connectivity index is 1.92. The van der Waals surface area contributed by atoms with Crippen LogP contribution < -0.4 is 0 Å². The van der Waals surface area contributed by atoms with Gasteiger partial charge in [0, 0.05) is 29.5 Å². The van der Waals surface area contributed by atoms with Gasteiger partial charge in [-0.3, -0.25) is 9.79 Å². The molecule has 2 N–H and O–H groups in total. The van der Waals surface area contributed by atoms with Crippen LogP contribution in [0.3, 0.4) is 0 Å². The molecule has 0 atom stereocenters. The molecule has 4 rings (SSSR count). The van der Waals surface area contributed by atoms with Crippen LogP contribution in [0.1, 0.15) is 64.5 Å². The molecule has 3 aromatic rings. The van der Waals surface area contributed by atoms with Gasteiger partial charge < -0.3 is 10.1 Å². The number of hydrogen-bond donors (Lipinski definition) is 2. The van der Waals surface area contributed by atoms with E-state index in [0.717, 1.165) is 35.0 Å². The Hall–Kier alpha value is -3.68. The van der Waals surface area contributed by atoms with E-state index in [-0.39, 0.29) is 12.1 Å². The molecule has 0 unspecified atom stereocenters. The Bertz CT molecular complexity index is 1390. The van der Waals surface area contributed by atoms with E-state index in [1.807, 2.05) is 32.9 Å². The molecule has 2 heterocycles. The lowest BCUT2D eigenvalue weighted by Gasteiger charge is -2.14. The molecule has 35 heavy (non-hydrogen) atoms. The first-order valence-corrected chi connectivity index (χ1v) is 11.3. The third-order valence-corrected chi connectivity index (χ3v) is 6.39. The molecule has 0 bridgehead atoms. The van der Waals surface area contributed by atoms with Crippen LogP contribution in [0.15, 0.2) is 29.3 Å². The summed E-state index contributed by atoms with van der Waals surface area (Å²) in [7, 11) is 0. The lowest BCUT2D eigenvalue weighted by molar-refractivity contribution is -0.137. The number of aryl methyl sites for hydroxylation is 2. The second-order valence-electron chi connectivity index (χ2n) is 8.55. The number of benzene rings is 2. The van der Waals surface area contributed by atoms with Crippen molar-refractivity contribution < 1.29 is 27.5 Å². The minimum absolute atomic E-state index is 0.000861. The van der Waals surface area contributed by atoms with Gasteiger partial charge in [-0.2, -0.15) is 0 Å². The van der Waals surface area contributed by atoms with E-state index < -0.39 is 40.4 Å². The zero-order valence-corrected chi connectivity index (χ0v) is 19.5. The first kappa shape index (κ1) is 24.4. The van der Waals surface area contributed by atoms with Crippen LogP contribution in [0.5, 0.6) is 0 Å². The number of carbonyl (C=O) groups is 1. The average molecular weight is 484 g/mol. The van der Waals surface area contributed by atoms with Crippen LogP contribution in [0.2, 0.25) is 0 Å². The Kier molecular flexibility index (Phi) is 6.65. The number of hydrogen-bond acceptors (Lipinski definition) is 2. The fraction of sp³-hybridized carbons (Fsp3) is 0.259. The maximum Gasteiger partial charge on any atom is 0.303 e. The highest BCUT2D eigenvalue weighted by molar-refractivity contribution is 6.08. The molecule has 1 aliphatic heterocycles. The number of aliphatic carboxylic acids is 1. The fourth-order valence-corrected chi connectivity index (χ4v) is 4.64. The standard InChI is InChI=1S/C27H24F4N2O2/c1-4-17-13(2)26(33-14(17)3)20(16-10-8-15(9-11-16)6-5-7-19(34)35)27-21-18(12-32-27)22(28)24(30)25(31)23(21)29/h8-12,33H,4-7H2,1-3H3,(H,34,35). The number of carboxylic acid groups (broad SMARTS) is 1. The molecule has 8 heteroatoms. The Morgan fingerprint density at radius 2 is 1.66 bits per heavy atom. The monoisotopic (exact) mass is 484 g/mol. The summed E-state index contributed by atoms with van der Waals surface area (Å²) in [6.45, 7) is 5.81. The first-order chi connectivity index (χ1) is 16.6. The number of fused-ring (bicyclic) bond motifs is 1. The molecule has 0 saturated heterocycles. The Morgan fingerprint density at radius 1 is 1.00 bits per heavy atom. The summed E-state index contributed by atoms with van der Waals surface area (Å²) in [6, 6.07) is 7.21. The second-order valence-corrected chi connectivity index (χ2v) is 8.55. The molecule has 1 aliphatic rings. The van der Waals surface area contributed by atoms with Crippen LogP contribution in [0.25, 0.3) is 11.3 Å². The Labute approximate surface area is 200 Å². The summed E-state index contributed by atoms with van der Waals surface area (Å²) in [5.74, 6) is -7.61. The van der Waals surface area contributed by atoms with Crippen LogP contribution in [-0.2, 0) is 17.6 Å². The molecule has 2 aromatic carbocycles. The number of aliphatic imine (C=N–C) groups is 1. The van der Waals surface area contributed by atoms with Gasteiger partial charge in [0.25, 0.3) is 0 Å². The van der Waals surface area contributed by atoms with Crippen LogP contribution >= 0.6 is 0 Å². The summed E-state index contributed by atoms with van der Waals surface area (Å²) in [4.78, 5) is 18.3. The normalized spacial score (nSPS) is 13.9. The van der Waals surface area contributed by atoms with E-state index in [4.69, 9.17) is 5.11 Å². The molecule has 1 aromatic heterocycles. The summed E-state index contributed by atoms with van der Waals surface area (Å²) in [5, 5.41) is 8.85. The number of aromatic nitrogens is 1. The van der Waals surface area contributed by atoms with Crippen molar-refractivity contribution in [2.75, 3.05) is 0 Å². The summed E-state index contributed by atoms with van der Waals surface area (Å²) < 4.78 is 57.5. The van der Waals surface area contributed by atoms with Crippen molar-refractivity contribution in [1.82, 2.24) is 4.98 Å². The fourth-order valence-electron chi connectivity index (χ4n) is 4.64. The van der Waals surface area contributed by atoms with Gasteiger partial charge >= 0.3 is 5.97 Å². The number of nitrogens with zero attached hydrogens (tertiary/aromatic N) is 1. The highest BCUT2D eigenvalue weighted by Gasteiger charge is 2.32. The maximum atomic E-state index is 15.0. The molecule has 182 valence electrons. The van der Waals surface area contributed by atoms with E-state index in [1.165, 1.54) is 0 Å². The predicted octanol–water partition coefficient (Wildman–Crippen LogP) is 6.51. The third kappa shape index (κ3) is 4.29. The molecular formula is C27H24F4N2O2. The van der Waals surface area contributed by atoms with Gasteiger partial charge in [-0.25, -0.2) is 17.6 Å². The maximum absolute atomic E-state index is 15.0. The molecule has 4 nitrogen and oxygen atoms in total. The number of rotatable bonds is 7. The van der Waals surface area contributed by atoms with Crippen LogP contribution in [0, 0.1) is 37.1 Å². The van der Waals surface area contributed by atoms with E-state index in [9.17, 15) is 22.4 Å². The summed E-state index contributed by atoms with van der Waals surface area (Å²) in [6.07, 6.45) is 2.84. The van der Waals surface area contributed by atoms with Crippen molar-refractivity contribution in [3.8, 4) is 0 Å². The zero-order valence-electron chi connectivity index (χ0n) is 19.5. The molecule has 0 aliphatic carbocycles. The van der Waals surface area contributed by atoms with Gasteiger partial charge in [0.1, 0.15) is 0 Å². The highest BCUT2D eigenvalue weighted by atomic mass is 19.2. The van der Waals surface area contributed by atoms with Gasteiger partial charge in [-0.15, -0.1) is 0 Å². The van der Waals surface area contributed by atoms with Crippen molar-refractivity contribution in [3.05, 3.63) is 92.3 Å². The summed E-state index contributed by atoms with van der Waals surface area (Å²) >= 11 is 0. The highest BCUT2D eigenvalue weighted by Crippen LogP contribution is 2.41. The minimum Gasteiger partial charge on any atom is -0.481 e. The van der Waals surface area contributed by atoms with Crippen LogP contribution in [-0.4, -0.2) is 22.3 Å². The van der Waals surface area contributed by atoms with Gasteiger partial charge in [0.15, 0.2) is 23.3 Å². The van der Waals surface area contributed by atoms with E-state index in [0.29, 0.717) is 29.7 Å². The van der Waals surface area contributed by atoms with E-state index >= 15 is 0 Å². The molecular weight excluding hydrogens is 460 g/mol. The quantitative estimate of drug-likeness (QED) is 0.228. The SMILES string of the molecule is CCc1c(C)[nH]c(C(=C2N=Cc3c(F)c(F)c(F)c(F)c32)c2ccc(CCCC(=O)O)cc2)c1C. The number of nitrogens with one attached hydrogen (secondary N) is 1. The van der Waals surface area contributed by atoms with Gasteiger partial charge in [0.05, 0.1) is 17.0 Å². The summed E-state index contributed by atoms with van der Waals surface area (Å²) in [5.41, 5.74) is 4.58. The van der Waals surface area contributed by atoms with Crippen molar-refractivity contribution in [2.24, 2.45) is 4.99 Å². The third-order valence-electron chi connectivity index (χ3n) is 6.39. The topological polar surface area (TPSA) is 65.5 Å². The van der Waals surface area contributed by atoms with E-state index in [1.54, 1.807) is 12.1 Å². The largest absolute Gasteiger partial charge is 0.481 e. The average Bonchev–Trinajstić information content (AvgIpc) is 3.38. The lowest BCUT2D eigenvalue weighted by Crippen LogP contribution is -2.05. The minimum atomic E-state index is -1.88. The Morgan fingerprint density at radius 3 is 2.26 bits per heavy atom. The number of aromatic amines is 1. The first-order valence-electron chi connectivity index (χ1n) is 11.3. The second kappa shape index (κ2) is 9.52. The van der Waals surface area contributed by atoms with Gasteiger partial charge in [-0.1, -0.05) is 31.2 Å². The van der Waals surface area contributed by atoms with Crippen molar-refractivity contribution in [2.45, 2.75) is 46.5 Å². The number of halogens is 4. The predicted molar refractivity (Wildman–Crippen MR) is 126 cm³/mol. The van der Waals surface area contributed by atoms with Gasteiger partial charge in [0.2, 0.25) is 0 Å².